The van der Waals surface area contributed by atoms with Crippen molar-refractivity contribution in [3.8, 4) is 0 Å². The first-order valence-electron chi connectivity index (χ1n) is 19.4. The number of amides is 2. The highest BCUT2D eigenvalue weighted by atomic mass is 32.2. The average Bonchev–Trinajstić information content (AvgIpc) is 3.78. The number of ether oxygens (including phenoxy) is 1. The molecule has 360 valence electrons. The van der Waals surface area contributed by atoms with Gasteiger partial charge in [-0.3, -0.25) is 42.1 Å². The van der Waals surface area contributed by atoms with E-state index in [1.807, 2.05) is 0 Å². The number of aliphatic hydroxyl groups excluding tert-OH is 2. The molecule has 1 saturated heterocycles. The van der Waals surface area contributed by atoms with E-state index in [0.29, 0.717) is 31.0 Å². The van der Waals surface area contributed by atoms with Crippen LogP contribution in [-0.4, -0.2) is 141 Å². The van der Waals surface area contributed by atoms with Crippen molar-refractivity contribution in [1.29, 1.82) is 0 Å². The fraction of sp³-hybridized carbons (Fsp3) is 0.667. The van der Waals surface area contributed by atoms with Gasteiger partial charge in [0.2, 0.25) is 17.6 Å². The van der Waals surface area contributed by atoms with Crippen LogP contribution in [0.5, 0.6) is 0 Å². The number of nitrogens with one attached hydrogen (secondary N) is 2. The van der Waals surface area contributed by atoms with Crippen molar-refractivity contribution >= 4 is 87.0 Å². The zero-order valence-corrected chi connectivity index (χ0v) is 38.0. The number of carbonyl (C=O) groups excluding carboxylic acids is 6. The van der Waals surface area contributed by atoms with E-state index >= 15 is 0 Å². The average molecular weight is 992 g/mol. The molecule has 2 unspecified atom stereocenters. The molecular weight excluding hydrogens is 939 g/mol. The summed E-state index contributed by atoms with van der Waals surface area (Å²) in [5.74, 6) is -3.63. The number of carbonyl (C=O) groups is 6. The van der Waals surface area contributed by atoms with Crippen molar-refractivity contribution in [2.24, 2.45) is 5.41 Å². The van der Waals surface area contributed by atoms with Gasteiger partial charge >= 0.3 is 23.5 Å². The van der Waals surface area contributed by atoms with Gasteiger partial charge in [-0.25, -0.2) is 28.6 Å². The number of phosphoric acid groups is 3. The number of unbranched alkanes of at least 4 members (excludes halogenated alkanes) is 6. The van der Waals surface area contributed by atoms with E-state index in [0.717, 1.165) is 49.2 Å². The molecule has 27 nitrogen and oxygen atoms in total. The minimum Gasteiger partial charge on any atom is -0.386 e. The van der Waals surface area contributed by atoms with Gasteiger partial charge in [0.05, 0.1) is 19.5 Å². The highest BCUT2D eigenvalue weighted by Gasteiger charge is 2.50. The van der Waals surface area contributed by atoms with Crippen LogP contribution in [0.1, 0.15) is 77.9 Å². The number of aldehydes is 1. The molecule has 7 atom stereocenters. The summed E-state index contributed by atoms with van der Waals surface area (Å²) < 4.78 is 62.1. The second-order valence-corrected chi connectivity index (χ2v) is 20.1. The van der Waals surface area contributed by atoms with Gasteiger partial charge in [-0.1, -0.05) is 51.3 Å². The van der Waals surface area contributed by atoms with Gasteiger partial charge in [0, 0.05) is 43.5 Å². The minimum absolute atomic E-state index is 0.0134. The van der Waals surface area contributed by atoms with Crippen LogP contribution < -0.4 is 16.4 Å². The van der Waals surface area contributed by atoms with E-state index in [1.165, 1.54) is 13.8 Å². The van der Waals surface area contributed by atoms with Crippen molar-refractivity contribution in [2.75, 3.05) is 37.8 Å². The molecular formula is C33H52N7O20P3S. The topological polar surface area (TPSA) is 415 Å². The van der Waals surface area contributed by atoms with E-state index in [4.69, 9.17) is 19.5 Å². The summed E-state index contributed by atoms with van der Waals surface area (Å²) in [6, 6.07) is 0. The molecule has 0 aliphatic carbocycles. The van der Waals surface area contributed by atoms with Gasteiger partial charge in [0.25, 0.3) is 10.9 Å². The lowest BCUT2D eigenvalue weighted by Crippen LogP contribution is -2.46. The third-order valence-electron chi connectivity index (χ3n) is 9.15. The molecule has 1 fully saturated rings. The zero-order valence-electron chi connectivity index (χ0n) is 34.5. The van der Waals surface area contributed by atoms with Gasteiger partial charge in [0.15, 0.2) is 17.7 Å². The Labute approximate surface area is 369 Å². The lowest BCUT2D eigenvalue weighted by atomic mass is 9.87. The number of hydrogen-bond donors (Lipinski definition) is 9. The number of phosphoric ester groups is 3. The number of nitrogens with zero attached hydrogens (tertiary/aromatic N) is 4. The molecule has 1 aliphatic heterocycles. The number of anilines is 1. The van der Waals surface area contributed by atoms with Crippen molar-refractivity contribution < 1.29 is 94.9 Å². The predicted octanol–water partition coefficient (Wildman–Crippen LogP) is 0.123. The largest absolute Gasteiger partial charge is 0.481 e. The molecule has 0 aromatic carbocycles. The van der Waals surface area contributed by atoms with E-state index < -0.39 is 101 Å². The first-order valence-corrected chi connectivity index (χ1v) is 25.0. The number of aromatic nitrogens is 4. The van der Waals surface area contributed by atoms with Crippen molar-refractivity contribution in [2.45, 2.75) is 102 Å². The maximum atomic E-state index is 12.7. The van der Waals surface area contributed by atoms with Crippen molar-refractivity contribution in [3.63, 3.8) is 0 Å². The number of aliphatic hydroxyl groups is 2. The van der Waals surface area contributed by atoms with Crippen LogP contribution in [0.15, 0.2) is 12.7 Å². The number of nitrogens with two attached hydrogens (primary N) is 1. The molecule has 3 rings (SSSR count). The van der Waals surface area contributed by atoms with Crippen molar-refractivity contribution in [1.82, 2.24) is 30.2 Å². The Bertz CT molecular complexity index is 2110. The highest BCUT2D eigenvalue weighted by Crippen LogP contribution is 2.61. The predicted molar refractivity (Wildman–Crippen MR) is 220 cm³/mol. The molecule has 31 heteroatoms. The summed E-state index contributed by atoms with van der Waals surface area (Å²) in [4.78, 5) is 122. The highest BCUT2D eigenvalue weighted by molar-refractivity contribution is 8.15. The Kier molecular flexibility index (Phi) is 21.4. The fourth-order valence-electron chi connectivity index (χ4n) is 5.79. The molecule has 0 spiro atoms. The quantitative estimate of drug-likeness (QED) is 0.0165. The van der Waals surface area contributed by atoms with Crippen LogP contribution in [0.2, 0.25) is 0 Å². The normalized spacial score (nSPS) is 20.2. The number of fused-ring (bicyclic) bond motifs is 1. The number of thioether (sulfide) groups is 1. The van der Waals surface area contributed by atoms with Gasteiger partial charge < -0.3 is 55.7 Å². The van der Waals surface area contributed by atoms with Gasteiger partial charge in [0.1, 0.15) is 42.5 Å². The number of imidazole rings is 1. The first-order chi connectivity index (χ1) is 29.9. The molecule has 3 heterocycles. The van der Waals surface area contributed by atoms with E-state index in [-0.39, 0.29) is 48.7 Å². The third-order valence-corrected chi connectivity index (χ3v) is 13.1. The molecule has 2 amide bonds. The number of Topliss-reactive ketones (excluding diaryl/α,β-unsaturated/α-hetero) is 2. The second kappa shape index (κ2) is 24.9. The van der Waals surface area contributed by atoms with E-state index in [2.05, 4.69) is 34.4 Å². The van der Waals surface area contributed by atoms with Crippen LogP contribution in [0.25, 0.3) is 11.2 Å². The number of rotatable bonds is 30. The van der Waals surface area contributed by atoms with Crippen LogP contribution in [0, 0.1) is 5.41 Å². The zero-order chi connectivity index (χ0) is 47.9. The number of nitrogen functional groups attached to an aromatic ring is 1. The summed E-state index contributed by atoms with van der Waals surface area (Å²) in [7, 11) is -16.5. The van der Waals surface area contributed by atoms with Crippen LogP contribution in [0.4, 0.5) is 5.82 Å². The molecule has 2 aromatic heterocycles. The Morgan fingerprint density at radius 1 is 0.953 bits per heavy atom. The summed E-state index contributed by atoms with van der Waals surface area (Å²) in [6.45, 7) is -0.0306. The minimum atomic E-state index is -5.61. The van der Waals surface area contributed by atoms with Crippen LogP contribution in [0.3, 0.4) is 0 Å². The fourth-order valence-corrected chi connectivity index (χ4v) is 9.25. The number of ketones is 2. The van der Waals surface area contributed by atoms with E-state index in [9.17, 15) is 72.2 Å². The summed E-state index contributed by atoms with van der Waals surface area (Å²) in [6.07, 6.45) is -1.32. The van der Waals surface area contributed by atoms with Crippen LogP contribution >= 0.6 is 35.2 Å². The van der Waals surface area contributed by atoms with Gasteiger partial charge in [-0.05, 0) is 12.8 Å². The molecule has 1 aliphatic rings. The molecule has 0 saturated carbocycles. The maximum absolute atomic E-state index is 12.7. The van der Waals surface area contributed by atoms with Gasteiger partial charge in [-0.2, -0.15) is 4.31 Å². The monoisotopic (exact) mass is 991 g/mol. The summed E-state index contributed by atoms with van der Waals surface area (Å²) >= 11 is 0.563. The molecule has 10 N–H and O–H groups in total. The summed E-state index contributed by atoms with van der Waals surface area (Å²) in [5, 5.41) is 25.3. The maximum Gasteiger partial charge on any atom is 0.481 e. The Morgan fingerprint density at radius 3 is 2.28 bits per heavy atom. The van der Waals surface area contributed by atoms with E-state index in [1.54, 1.807) is 0 Å². The summed E-state index contributed by atoms with van der Waals surface area (Å²) in [5.41, 5.74) is 4.17. The Morgan fingerprint density at radius 2 is 1.61 bits per heavy atom. The lowest BCUT2D eigenvalue weighted by Gasteiger charge is -2.30. The smallest absolute Gasteiger partial charge is 0.386 e. The SMILES string of the molecule is CC(C)(COP(=O)(O)OP(=O)(O)OC[C@H]1O[C@@H](n2cnc3c(N)ncnc32)[C@H](O)[C@@H]1OP(=O)(O)O)[C@@H](O)C(=O)NCCC(=O)NCCSC(=O)C(=O)C(=O)CCCCCCCCC=O. The van der Waals surface area contributed by atoms with Crippen molar-refractivity contribution in [3.05, 3.63) is 12.7 Å². The van der Waals surface area contributed by atoms with Gasteiger partial charge in [-0.15, -0.1) is 0 Å². The molecule has 0 bridgehead atoms. The Balaban J connectivity index is 1.39. The third kappa shape index (κ3) is 17.8. The Hall–Kier alpha value is -3.43. The molecule has 64 heavy (non-hydrogen) atoms. The molecule has 0 radical (unpaired) electrons. The standard InChI is InChI=1S/C33H52N7O20P3S/c1-33(2,27(46)30(47)36-12-11-22(43)35-13-15-64-32(48)24(44)20(42)10-8-6-4-3-5-7-9-14-41)17-57-63(54,55)60-62(52,53)56-16-21-26(59-61(49,50)51)25(45)31(58-21)40-19-39-23-28(34)37-18-38-29(23)40/h14,18-19,21,25-27,31,45-46H,3-13,15-17H2,1-2H3,(H,35,43)(H,36,47)(H,52,53)(H,54,55)(H2,34,37,38)(H2,49,50,51)/t21-,25-,26-,27+,31-/m1/s1. The first kappa shape index (κ1) is 54.9. The number of hydrogen-bond acceptors (Lipinski definition) is 21. The molecule has 2 aromatic rings. The van der Waals surface area contributed by atoms with Crippen LogP contribution in [-0.2, 0) is 65.1 Å². The second-order valence-electron chi connectivity index (χ2n) is 14.8. The lowest BCUT2D eigenvalue weighted by molar-refractivity contribution is -0.141.